The fourth-order valence-corrected chi connectivity index (χ4v) is 3.22. The number of amides is 2. The maximum absolute atomic E-state index is 12.5. The SMILES string of the molecule is Cc1ccc(Cl)cc1NC(=O)C[C@H]1C(=O)Nc2nc3ccccc3n21. The molecule has 0 aliphatic carbocycles. The lowest BCUT2D eigenvalue weighted by molar-refractivity contribution is -0.123. The molecule has 4 rings (SSSR count). The van der Waals surface area contributed by atoms with E-state index in [2.05, 4.69) is 15.6 Å². The number of anilines is 2. The average molecular weight is 355 g/mol. The zero-order valence-corrected chi connectivity index (χ0v) is 14.2. The third-order valence-corrected chi connectivity index (χ3v) is 4.53. The minimum absolute atomic E-state index is 0.0190. The highest BCUT2D eigenvalue weighted by Gasteiger charge is 2.34. The number of aryl methyl sites for hydroxylation is 1. The van der Waals surface area contributed by atoms with Crippen LogP contribution in [-0.4, -0.2) is 21.4 Å². The van der Waals surface area contributed by atoms with E-state index in [-0.39, 0.29) is 18.2 Å². The van der Waals surface area contributed by atoms with Gasteiger partial charge in [0.2, 0.25) is 17.8 Å². The van der Waals surface area contributed by atoms with Crippen molar-refractivity contribution in [3.8, 4) is 0 Å². The second-order valence-corrected chi connectivity index (χ2v) is 6.45. The van der Waals surface area contributed by atoms with Crippen molar-refractivity contribution < 1.29 is 9.59 Å². The number of halogens is 1. The van der Waals surface area contributed by atoms with Crippen molar-refractivity contribution in [2.24, 2.45) is 0 Å². The van der Waals surface area contributed by atoms with Gasteiger partial charge in [-0.2, -0.15) is 0 Å². The van der Waals surface area contributed by atoms with Gasteiger partial charge in [0.1, 0.15) is 6.04 Å². The summed E-state index contributed by atoms with van der Waals surface area (Å²) in [4.78, 5) is 29.1. The first-order valence-electron chi connectivity index (χ1n) is 7.87. The van der Waals surface area contributed by atoms with Crippen molar-refractivity contribution in [2.75, 3.05) is 10.6 Å². The zero-order valence-electron chi connectivity index (χ0n) is 13.4. The van der Waals surface area contributed by atoms with E-state index in [0.717, 1.165) is 16.6 Å². The van der Waals surface area contributed by atoms with Crippen molar-refractivity contribution in [1.29, 1.82) is 0 Å². The van der Waals surface area contributed by atoms with Crippen molar-refractivity contribution in [1.82, 2.24) is 9.55 Å². The van der Waals surface area contributed by atoms with Crippen LogP contribution in [0.2, 0.25) is 5.02 Å². The monoisotopic (exact) mass is 354 g/mol. The quantitative estimate of drug-likeness (QED) is 0.755. The maximum Gasteiger partial charge on any atom is 0.250 e. The van der Waals surface area contributed by atoms with E-state index in [1.165, 1.54) is 0 Å². The molecule has 2 aromatic carbocycles. The molecule has 2 N–H and O–H groups in total. The van der Waals surface area contributed by atoms with E-state index >= 15 is 0 Å². The van der Waals surface area contributed by atoms with Crippen molar-refractivity contribution in [2.45, 2.75) is 19.4 Å². The Morgan fingerprint density at radius 2 is 2.12 bits per heavy atom. The van der Waals surface area contributed by atoms with Gasteiger partial charge in [-0.25, -0.2) is 4.98 Å². The van der Waals surface area contributed by atoms with Crippen LogP contribution in [0.1, 0.15) is 18.0 Å². The summed E-state index contributed by atoms with van der Waals surface area (Å²) in [6, 6.07) is 12.2. The normalized spacial score (nSPS) is 15.9. The highest BCUT2D eigenvalue weighted by Crippen LogP contribution is 2.32. The van der Waals surface area contributed by atoms with Gasteiger partial charge in [-0.3, -0.25) is 19.5 Å². The van der Waals surface area contributed by atoms with Crippen molar-refractivity contribution in [3.63, 3.8) is 0 Å². The number of para-hydroxylation sites is 2. The van der Waals surface area contributed by atoms with Crippen LogP contribution in [0.3, 0.4) is 0 Å². The van der Waals surface area contributed by atoms with Gasteiger partial charge in [-0.1, -0.05) is 29.8 Å². The van der Waals surface area contributed by atoms with Crippen LogP contribution in [-0.2, 0) is 9.59 Å². The lowest BCUT2D eigenvalue weighted by Gasteiger charge is -2.13. The number of aromatic nitrogens is 2. The average Bonchev–Trinajstić information content (AvgIpc) is 3.07. The standard InChI is InChI=1S/C18H15ClN4O2/c1-10-6-7-11(19)8-13(10)20-16(24)9-15-17(25)22-18-21-12-4-2-3-5-14(12)23(15)18/h2-8,15H,9H2,1H3,(H,20,24)(H,21,22,25)/t15-/m0/s1. The molecule has 6 nitrogen and oxygen atoms in total. The Balaban J connectivity index is 1.60. The lowest BCUT2D eigenvalue weighted by atomic mass is 10.1. The predicted octanol–water partition coefficient (Wildman–Crippen LogP) is 3.52. The molecule has 2 heterocycles. The van der Waals surface area contributed by atoms with Gasteiger partial charge in [0.05, 0.1) is 17.5 Å². The highest BCUT2D eigenvalue weighted by molar-refractivity contribution is 6.31. The van der Waals surface area contributed by atoms with Gasteiger partial charge < -0.3 is 5.32 Å². The van der Waals surface area contributed by atoms with Crippen LogP contribution >= 0.6 is 11.6 Å². The van der Waals surface area contributed by atoms with Crippen LogP contribution < -0.4 is 10.6 Å². The Morgan fingerprint density at radius 3 is 2.96 bits per heavy atom. The molecule has 1 atom stereocenters. The number of rotatable bonds is 3. The first-order valence-corrected chi connectivity index (χ1v) is 8.24. The Labute approximate surface area is 148 Å². The molecular weight excluding hydrogens is 340 g/mol. The Morgan fingerprint density at radius 1 is 1.32 bits per heavy atom. The number of fused-ring (bicyclic) bond motifs is 3. The van der Waals surface area contributed by atoms with Crippen molar-refractivity contribution >= 4 is 46.1 Å². The number of carbonyl (C=O) groups excluding carboxylic acids is 2. The Bertz CT molecular complexity index is 1010. The fraction of sp³-hybridized carbons (Fsp3) is 0.167. The molecule has 1 aliphatic rings. The molecule has 2 amide bonds. The lowest BCUT2D eigenvalue weighted by Crippen LogP contribution is -2.23. The van der Waals surface area contributed by atoms with Gasteiger partial charge in [-0.05, 0) is 36.8 Å². The summed E-state index contributed by atoms with van der Waals surface area (Å²) in [6.07, 6.45) is 0.0190. The molecule has 0 unspecified atom stereocenters. The van der Waals surface area contributed by atoms with Crippen LogP contribution in [0.15, 0.2) is 42.5 Å². The summed E-state index contributed by atoms with van der Waals surface area (Å²) in [7, 11) is 0. The minimum Gasteiger partial charge on any atom is -0.326 e. The molecule has 1 aliphatic heterocycles. The second-order valence-electron chi connectivity index (χ2n) is 6.01. The van der Waals surface area contributed by atoms with Crippen LogP contribution in [0.25, 0.3) is 11.0 Å². The Hall–Kier alpha value is -2.86. The summed E-state index contributed by atoms with van der Waals surface area (Å²) in [5, 5.41) is 6.11. The van der Waals surface area contributed by atoms with E-state index in [1.807, 2.05) is 37.3 Å². The molecule has 0 spiro atoms. The van der Waals surface area contributed by atoms with Gasteiger partial charge in [0.15, 0.2) is 0 Å². The predicted molar refractivity (Wildman–Crippen MR) is 96.8 cm³/mol. The van der Waals surface area contributed by atoms with Gasteiger partial charge in [-0.15, -0.1) is 0 Å². The second kappa shape index (κ2) is 5.89. The molecule has 0 bridgehead atoms. The van der Waals surface area contributed by atoms with Crippen LogP contribution in [0.4, 0.5) is 11.6 Å². The number of hydrogen-bond donors (Lipinski definition) is 2. The van der Waals surface area contributed by atoms with E-state index < -0.39 is 6.04 Å². The van der Waals surface area contributed by atoms with Crippen molar-refractivity contribution in [3.05, 3.63) is 53.1 Å². The van der Waals surface area contributed by atoms with E-state index in [1.54, 1.807) is 16.7 Å². The molecular formula is C18H15ClN4O2. The molecule has 25 heavy (non-hydrogen) atoms. The molecule has 3 aromatic rings. The third kappa shape index (κ3) is 2.74. The number of carbonyl (C=O) groups is 2. The third-order valence-electron chi connectivity index (χ3n) is 4.30. The van der Waals surface area contributed by atoms with E-state index in [4.69, 9.17) is 11.6 Å². The summed E-state index contributed by atoms with van der Waals surface area (Å²) < 4.78 is 1.78. The summed E-state index contributed by atoms with van der Waals surface area (Å²) in [5.74, 6) is -0.00898. The zero-order chi connectivity index (χ0) is 17.6. The summed E-state index contributed by atoms with van der Waals surface area (Å²) >= 11 is 5.98. The first-order chi connectivity index (χ1) is 12.0. The Kier molecular flexibility index (Phi) is 3.69. The van der Waals surface area contributed by atoms with E-state index in [0.29, 0.717) is 16.7 Å². The minimum atomic E-state index is -0.623. The molecule has 1 aromatic heterocycles. The van der Waals surface area contributed by atoms with Gasteiger partial charge in [0.25, 0.3) is 0 Å². The topological polar surface area (TPSA) is 76.0 Å². The molecule has 0 radical (unpaired) electrons. The summed E-state index contributed by atoms with van der Waals surface area (Å²) in [6.45, 7) is 1.88. The molecule has 0 saturated heterocycles. The van der Waals surface area contributed by atoms with Crippen LogP contribution in [0.5, 0.6) is 0 Å². The number of nitrogens with one attached hydrogen (secondary N) is 2. The smallest absolute Gasteiger partial charge is 0.250 e. The van der Waals surface area contributed by atoms with Crippen LogP contribution in [0, 0.1) is 6.92 Å². The molecule has 0 fully saturated rings. The molecule has 126 valence electrons. The number of benzene rings is 2. The number of imidazole rings is 1. The molecule has 7 heteroatoms. The largest absolute Gasteiger partial charge is 0.326 e. The summed E-state index contributed by atoms with van der Waals surface area (Å²) in [5.41, 5.74) is 3.16. The van der Waals surface area contributed by atoms with Gasteiger partial charge >= 0.3 is 0 Å². The van der Waals surface area contributed by atoms with Gasteiger partial charge in [0, 0.05) is 10.7 Å². The van der Waals surface area contributed by atoms with E-state index in [9.17, 15) is 9.59 Å². The number of hydrogen-bond acceptors (Lipinski definition) is 3. The number of nitrogens with zero attached hydrogens (tertiary/aromatic N) is 2. The molecule has 0 saturated carbocycles. The fourth-order valence-electron chi connectivity index (χ4n) is 3.05. The highest BCUT2D eigenvalue weighted by atomic mass is 35.5. The first kappa shape index (κ1) is 15.7. The maximum atomic E-state index is 12.5.